The lowest BCUT2D eigenvalue weighted by Crippen LogP contribution is -2.46. The molecule has 8 N–H and O–H groups in total. The van der Waals surface area contributed by atoms with E-state index in [1.165, 1.54) is 20.8 Å². The molecule has 26 nitrogen and oxygen atoms in total. The third-order valence-electron chi connectivity index (χ3n) is 7.92. The van der Waals surface area contributed by atoms with E-state index in [1.54, 1.807) is 0 Å². The van der Waals surface area contributed by atoms with E-state index >= 15 is 0 Å². The highest BCUT2D eigenvalue weighted by atomic mass is 32.2. The van der Waals surface area contributed by atoms with Gasteiger partial charge in [-0.05, 0) is 13.3 Å². The highest BCUT2D eigenvalue weighted by Crippen LogP contribution is 2.56. The second-order valence-electron chi connectivity index (χ2n) is 13.4. The molecule has 0 aromatic carbocycles. The molecule has 1 fully saturated rings. The molecule has 0 spiro atoms. The molecular weight excluding hydrogens is 851 g/mol. The van der Waals surface area contributed by atoms with Gasteiger partial charge in [-0.25, -0.2) is 19.3 Å². The van der Waals surface area contributed by atoms with Crippen molar-refractivity contribution in [1.29, 1.82) is 0 Å². The Labute approximate surface area is 328 Å². The fourth-order valence-electron chi connectivity index (χ4n) is 4.96. The smallest absolute Gasteiger partial charge is 0.274 e. The number of imidazole rings is 1. The first-order chi connectivity index (χ1) is 26.3. The summed E-state index contributed by atoms with van der Waals surface area (Å²) in [6.07, 6.45) is -7.92. The maximum Gasteiger partial charge on any atom is 0.274 e. The normalized spacial score (nSPS) is 22.6. The summed E-state index contributed by atoms with van der Waals surface area (Å²) in [5.74, 6) is -1.48. The number of aliphatic hydroxyl groups is 4. The second-order valence-corrected chi connectivity index (χ2v) is 18.6. The number of thioether (sulfide) groups is 1. The number of amides is 2. The highest BCUT2D eigenvalue weighted by molar-refractivity contribution is 8.13. The number of ether oxygens (including phenoxy) is 1. The average Bonchev–Trinajstić information content (AvgIpc) is 3.64. The van der Waals surface area contributed by atoms with E-state index in [0.29, 0.717) is 0 Å². The maximum atomic E-state index is 12.5. The van der Waals surface area contributed by atoms with E-state index in [0.717, 1.165) is 29.0 Å². The topological polar surface area (TPSA) is 415 Å². The summed E-state index contributed by atoms with van der Waals surface area (Å²) in [6, 6.07) is 0. The minimum absolute atomic E-state index is 0.0193. The van der Waals surface area contributed by atoms with Crippen molar-refractivity contribution < 1.29 is 90.7 Å². The maximum absolute atomic E-state index is 12.5. The van der Waals surface area contributed by atoms with Crippen LogP contribution in [0.5, 0.6) is 0 Å². The third kappa shape index (κ3) is 15.2. The standard InChI is InChI=1S/C27H46N7O19P3S/c1-26(2,21(39)24(40)30-6-4-16(36)29-7-9-57-17(37)10-27(3,41)5-8-35)12-50-56(47,48)53-55(45,46)49-11-15-20(52-54(42,43)44)19(38)25(51-15)34-14-33-18-22(28)31-13-32-23(18)34/h13-15,19-21,25,35,38-39,41H,4-12H2,1-3H3,(H,29,36)(H,30,40)(H,45,46)(H,47,48)(H2,28,31,32)(H2,42,43,44)/p-4/t15-,19?,20+,21-,25-,27-/m1/s1. The zero-order chi connectivity index (χ0) is 43.0. The first kappa shape index (κ1) is 48.8. The number of rotatable bonds is 23. The van der Waals surface area contributed by atoms with Gasteiger partial charge in [-0.15, -0.1) is 0 Å². The van der Waals surface area contributed by atoms with Crippen LogP contribution in [-0.2, 0) is 50.7 Å². The van der Waals surface area contributed by atoms with Crippen molar-refractivity contribution in [1.82, 2.24) is 30.2 Å². The summed E-state index contributed by atoms with van der Waals surface area (Å²) in [7, 11) is -17.6. The van der Waals surface area contributed by atoms with Crippen molar-refractivity contribution in [3.05, 3.63) is 12.7 Å². The van der Waals surface area contributed by atoms with Crippen molar-refractivity contribution in [2.45, 2.75) is 76.3 Å². The Kier molecular flexibility index (Phi) is 17.3. The van der Waals surface area contributed by atoms with E-state index < -0.39 is 90.2 Å². The van der Waals surface area contributed by atoms with Gasteiger partial charge in [0.25, 0.3) is 15.6 Å². The zero-order valence-electron chi connectivity index (χ0n) is 30.4. The Morgan fingerprint density at radius 1 is 1.07 bits per heavy atom. The van der Waals surface area contributed by atoms with Crippen LogP contribution >= 0.6 is 35.2 Å². The van der Waals surface area contributed by atoms with E-state index in [2.05, 4.69) is 43.5 Å². The molecule has 3 unspecified atom stereocenters. The summed E-state index contributed by atoms with van der Waals surface area (Å²) in [5, 5.41) is 44.6. The number of phosphoric ester groups is 3. The molecule has 0 aliphatic carbocycles. The Hall–Kier alpha value is -2.52. The highest BCUT2D eigenvalue weighted by Gasteiger charge is 2.47. The average molecular weight is 894 g/mol. The van der Waals surface area contributed by atoms with Gasteiger partial charge in [-0.3, -0.25) is 28.1 Å². The van der Waals surface area contributed by atoms with E-state index in [-0.39, 0.29) is 66.8 Å². The first-order valence-corrected chi connectivity index (χ1v) is 21.9. The number of nitrogens with two attached hydrogens (primary N) is 1. The Morgan fingerprint density at radius 2 is 1.74 bits per heavy atom. The summed E-state index contributed by atoms with van der Waals surface area (Å²) >= 11 is 0.870. The molecule has 1 aliphatic heterocycles. The van der Waals surface area contributed by atoms with Gasteiger partial charge < -0.3 is 79.2 Å². The molecule has 8 atom stereocenters. The number of fused-ring (bicyclic) bond motifs is 1. The molecule has 3 rings (SSSR count). The van der Waals surface area contributed by atoms with Gasteiger partial charge in [0.1, 0.15) is 36.3 Å². The van der Waals surface area contributed by atoms with Crippen LogP contribution in [0.4, 0.5) is 5.82 Å². The van der Waals surface area contributed by atoms with E-state index in [9.17, 15) is 63.0 Å². The van der Waals surface area contributed by atoms with Crippen LogP contribution in [0.15, 0.2) is 12.7 Å². The minimum atomic E-state index is -5.93. The summed E-state index contributed by atoms with van der Waals surface area (Å²) < 4.78 is 60.4. The minimum Gasteiger partial charge on any atom is -0.790 e. The van der Waals surface area contributed by atoms with Gasteiger partial charge in [0, 0.05) is 43.7 Å². The van der Waals surface area contributed by atoms with Crippen LogP contribution in [0, 0.1) is 5.41 Å². The molecular formula is C27H42N7O19P3S-4. The predicted octanol–water partition coefficient (Wildman–Crippen LogP) is -4.34. The lowest BCUT2D eigenvalue weighted by Gasteiger charge is -2.36. The second kappa shape index (κ2) is 20.2. The number of aliphatic hydroxyl groups excluding tert-OH is 3. The molecule has 0 bridgehead atoms. The van der Waals surface area contributed by atoms with Crippen molar-refractivity contribution in [2.24, 2.45) is 5.41 Å². The van der Waals surface area contributed by atoms with Gasteiger partial charge in [-0.1, -0.05) is 25.6 Å². The van der Waals surface area contributed by atoms with Crippen LogP contribution < -0.4 is 35.9 Å². The molecule has 1 saturated heterocycles. The Morgan fingerprint density at radius 3 is 2.39 bits per heavy atom. The van der Waals surface area contributed by atoms with E-state index in [4.69, 9.17) is 15.6 Å². The number of carbonyl (C=O) groups excluding carboxylic acids is 3. The molecule has 1 aliphatic rings. The lowest BCUT2D eigenvalue weighted by molar-refractivity contribution is -0.347. The molecule has 324 valence electrons. The number of nitrogen functional groups attached to an aromatic ring is 1. The van der Waals surface area contributed by atoms with Gasteiger partial charge in [-0.2, -0.15) is 0 Å². The molecule has 3 heterocycles. The van der Waals surface area contributed by atoms with Crippen molar-refractivity contribution in [3.8, 4) is 0 Å². The fourth-order valence-corrected chi connectivity index (χ4v) is 8.54. The summed E-state index contributed by atoms with van der Waals surface area (Å²) in [6.45, 7) is 0.965. The van der Waals surface area contributed by atoms with Gasteiger partial charge in [0.15, 0.2) is 22.8 Å². The molecule has 30 heteroatoms. The zero-order valence-corrected chi connectivity index (χ0v) is 33.9. The van der Waals surface area contributed by atoms with Crippen LogP contribution in [0.1, 0.15) is 46.3 Å². The SMILES string of the molecule is CC(C)(COP(=O)([O-])OP(=O)([O-])OC[C@H]1O[C@@H](n2cnc3c(N)ncnc32)C(O)[C@H]1OP(=O)([O-])[O-])[C@H](O)C(=O)NCCC(=O)NCCSC(=O)C[C@](C)(O)CCO. The third-order valence-corrected chi connectivity index (χ3v) is 11.8. The van der Waals surface area contributed by atoms with Crippen LogP contribution in [0.25, 0.3) is 11.2 Å². The monoisotopic (exact) mass is 893 g/mol. The van der Waals surface area contributed by atoms with Crippen molar-refractivity contribution in [3.63, 3.8) is 0 Å². The number of anilines is 1. The number of hydrogen-bond acceptors (Lipinski definition) is 24. The van der Waals surface area contributed by atoms with Crippen LogP contribution in [0.3, 0.4) is 0 Å². The fraction of sp³-hybridized carbons (Fsp3) is 0.704. The number of hydrogen-bond donors (Lipinski definition) is 7. The quantitative estimate of drug-likeness (QED) is 0.0409. The van der Waals surface area contributed by atoms with Crippen LogP contribution in [-0.4, -0.2) is 126 Å². The molecule has 57 heavy (non-hydrogen) atoms. The molecule has 2 amide bonds. The molecule has 0 radical (unpaired) electrons. The van der Waals surface area contributed by atoms with Gasteiger partial charge in [0.2, 0.25) is 11.8 Å². The molecule has 0 saturated carbocycles. The first-order valence-electron chi connectivity index (χ1n) is 16.6. The predicted molar refractivity (Wildman–Crippen MR) is 185 cm³/mol. The Balaban J connectivity index is 1.47. The number of nitrogens with one attached hydrogen (secondary N) is 2. The van der Waals surface area contributed by atoms with Crippen molar-refractivity contribution >= 4 is 69.1 Å². The van der Waals surface area contributed by atoms with Crippen molar-refractivity contribution in [2.75, 3.05) is 44.4 Å². The molecule has 2 aromatic rings. The number of aromatic nitrogens is 4. The number of phosphoric acid groups is 3. The largest absolute Gasteiger partial charge is 0.790 e. The van der Waals surface area contributed by atoms with Gasteiger partial charge in [0.05, 0.1) is 33.0 Å². The van der Waals surface area contributed by atoms with Crippen LogP contribution in [0.2, 0.25) is 0 Å². The number of nitrogens with zero attached hydrogens (tertiary/aromatic N) is 4. The molecule has 2 aromatic heterocycles. The summed E-state index contributed by atoms with van der Waals surface area (Å²) in [4.78, 5) is 95.9. The summed E-state index contributed by atoms with van der Waals surface area (Å²) in [5.41, 5.74) is 2.65. The van der Waals surface area contributed by atoms with E-state index in [1.807, 2.05) is 0 Å². The lowest BCUT2D eigenvalue weighted by atomic mass is 9.87. The Bertz CT molecular complexity index is 1870. The number of carbonyl (C=O) groups is 3. The van der Waals surface area contributed by atoms with Gasteiger partial charge >= 0.3 is 0 Å².